The van der Waals surface area contributed by atoms with Gasteiger partial charge in [-0.05, 0) is 13.3 Å². The number of imide groups is 1. The van der Waals surface area contributed by atoms with Gasteiger partial charge in [0.1, 0.15) is 12.6 Å². The van der Waals surface area contributed by atoms with Crippen LogP contribution in [-0.4, -0.2) is 42.0 Å². The van der Waals surface area contributed by atoms with E-state index in [-0.39, 0.29) is 13.2 Å². The van der Waals surface area contributed by atoms with Gasteiger partial charge in [-0.25, -0.2) is 4.79 Å². The summed E-state index contributed by atoms with van der Waals surface area (Å²) in [6.45, 7) is 3.54. The monoisotopic (exact) mass is 214 g/mol. The van der Waals surface area contributed by atoms with Crippen molar-refractivity contribution < 1.29 is 19.1 Å². The molecule has 1 aliphatic heterocycles. The molecule has 0 radical (unpaired) electrons. The SMILES string of the molecule is CCOC(=O)N1CC(=O)NC(=O)C1CC. The van der Waals surface area contributed by atoms with Crippen molar-refractivity contribution in [2.45, 2.75) is 26.3 Å². The van der Waals surface area contributed by atoms with Crippen LogP contribution in [0.5, 0.6) is 0 Å². The smallest absolute Gasteiger partial charge is 0.410 e. The summed E-state index contributed by atoms with van der Waals surface area (Å²) in [7, 11) is 0. The first-order valence-corrected chi connectivity index (χ1v) is 4.87. The Hall–Kier alpha value is -1.59. The molecule has 1 N–H and O–H groups in total. The van der Waals surface area contributed by atoms with Gasteiger partial charge in [0, 0.05) is 0 Å². The number of rotatable bonds is 2. The summed E-state index contributed by atoms with van der Waals surface area (Å²) >= 11 is 0. The lowest BCUT2D eigenvalue weighted by molar-refractivity contribution is -0.139. The third-order valence-corrected chi connectivity index (χ3v) is 2.14. The summed E-state index contributed by atoms with van der Waals surface area (Å²) in [4.78, 5) is 35.0. The molecule has 1 aliphatic rings. The van der Waals surface area contributed by atoms with Gasteiger partial charge >= 0.3 is 6.09 Å². The third kappa shape index (κ3) is 2.45. The second-order valence-electron chi connectivity index (χ2n) is 3.16. The Bertz CT molecular complexity index is 290. The summed E-state index contributed by atoms with van der Waals surface area (Å²) < 4.78 is 4.76. The van der Waals surface area contributed by atoms with Crippen LogP contribution in [-0.2, 0) is 14.3 Å². The molecule has 6 heteroatoms. The van der Waals surface area contributed by atoms with E-state index in [9.17, 15) is 14.4 Å². The summed E-state index contributed by atoms with van der Waals surface area (Å²) in [5.41, 5.74) is 0. The van der Waals surface area contributed by atoms with Crippen LogP contribution < -0.4 is 5.32 Å². The van der Waals surface area contributed by atoms with E-state index >= 15 is 0 Å². The lowest BCUT2D eigenvalue weighted by atomic mass is 10.1. The van der Waals surface area contributed by atoms with Crippen molar-refractivity contribution in [1.82, 2.24) is 10.2 Å². The van der Waals surface area contributed by atoms with E-state index in [1.807, 2.05) is 0 Å². The highest BCUT2D eigenvalue weighted by Gasteiger charge is 2.36. The molecule has 0 aromatic heterocycles. The summed E-state index contributed by atoms with van der Waals surface area (Å²) in [5, 5.41) is 2.18. The molecule has 1 heterocycles. The van der Waals surface area contributed by atoms with Crippen molar-refractivity contribution in [1.29, 1.82) is 0 Å². The third-order valence-electron chi connectivity index (χ3n) is 2.14. The number of nitrogens with one attached hydrogen (secondary N) is 1. The van der Waals surface area contributed by atoms with Crippen LogP contribution in [0.3, 0.4) is 0 Å². The first-order valence-electron chi connectivity index (χ1n) is 4.87. The van der Waals surface area contributed by atoms with Gasteiger partial charge < -0.3 is 4.74 Å². The molecule has 1 saturated heterocycles. The Labute approximate surface area is 87.6 Å². The summed E-state index contributed by atoms with van der Waals surface area (Å²) in [5.74, 6) is -0.917. The predicted octanol–water partition coefficient (Wildman–Crippen LogP) is -0.120. The van der Waals surface area contributed by atoms with Gasteiger partial charge in [-0.3, -0.25) is 19.8 Å². The molecule has 1 rings (SSSR count). The van der Waals surface area contributed by atoms with E-state index in [1.54, 1.807) is 13.8 Å². The number of ether oxygens (including phenoxy) is 1. The van der Waals surface area contributed by atoms with E-state index in [1.165, 1.54) is 0 Å². The predicted molar refractivity (Wildman–Crippen MR) is 51.0 cm³/mol. The maximum atomic E-state index is 11.4. The van der Waals surface area contributed by atoms with Crippen LogP contribution in [0.4, 0.5) is 4.79 Å². The average Bonchev–Trinajstić information content (AvgIpc) is 2.17. The minimum atomic E-state index is -0.618. The van der Waals surface area contributed by atoms with E-state index in [2.05, 4.69) is 5.32 Å². The van der Waals surface area contributed by atoms with E-state index in [4.69, 9.17) is 4.74 Å². The van der Waals surface area contributed by atoms with Gasteiger partial charge in [0.05, 0.1) is 6.61 Å². The van der Waals surface area contributed by atoms with E-state index in [0.29, 0.717) is 6.42 Å². The molecule has 84 valence electrons. The maximum absolute atomic E-state index is 11.4. The van der Waals surface area contributed by atoms with Crippen LogP contribution in [0.1, 0.15) is 20.3 Å². The molecule has 6 nitrogen and oxygen atoms in total. The zero-order chi connectivity index (χ0) is 11.4. The number of carbonyl (C=O) groups excluding carboxylic acids is 3. The molecule has 0 aromatic carbocycles. The van der Waals surface area contributed by atoms with Crippen molar-refractivity contribution >= 4 is 17.9 Å². The molecule has 1 unspecified atom stereocenters. The lowest BCUT2D eigenvalue weighted by Gasteiger charge is -2.32. The van der Waals surface area contributed by atoms with Crippen molar-refractivity contribution in [2.75, 3.05) is 13.2 Å². The highest BCUT2D eigenvalue weighted by molar-refractivity contribution is 6.03. The summed E-state index contributed by atoms with van der Waals surface area (Å²) in [6, 6.07) is -0.609. The van der Waals surface area contributed by atoms with Gasteiger partial charge in [-0.2, -0.15) is 0 Å². The minimum absolute atomic E-state index is 0.122. The van der Waals surface area contributed by atoms with Crippen molar-refractivity contribution in [3.05, 3.63) is 0 Å². The van der Waals surface area contributed by atoms with Crippen LogP contribution in [0.15, 0.2) is 0 Å². The Morgan fingerprint density at radius 2 is 2.20 bits per heavy atom. The molecular weight excluding hydrogens is 200 g/mol. The fourth-order valence-electron chi connectivity index (χ4n) is 1.47. The number of piperazine rings is 1. The average molecular weight is 214 g/mol. The fourth-order valence-corrected chi connectivity index (χ4v) is 1.47. The Kier molecular flexibility index (Phi) is 3.65. The van der Waals surface area contributed by atoms with Crippen molar-refractivity contribution in [3.8, 4) is 0 Å². The second-order valence-corrected chi connectivity index (χ2v) is 3.16. The molecule has 0 bridgehead atoms. The maximum Gasteiger partial charge on any atom is 0.410 e. The van der Waals surface area contributed by atoms with Crippen LogP contribution in [0, 0.1) is 0 Å². The van der Waals surface area contributed by atoms with Gasteiger partial charge in [0.25, 0.3) is 0 Å². The zero-order valence-corrected chi connectivity index (χ0v) is 8.78. The number of amides is 3. The molecule has 0 aliphatic carbocycles. The second kappa shape index (κ2) is 4.77. The number of carbonyl (C=O) groups is 3. The van der Waals surface area contributed by atoms with Gasteiger partial charge in [-0.1, -0.05) is 6.92 Å². The number of hydrogen-bond acceptors (Lipinski definition) is 4. The topological polar surface area (TPSA) is 75.7 Å². The highest BCUT2D eigenvalue weighted by atomic mass is 16.6. The van der Waals surface area contributed by atoms with Crippen molar-refractivity contribution in [3.63, 3.8) is 0 Å². The largest absolute Gasteiger partial charge is 0.450 e. The molecule has 0 aromatic rings. The van der Waals surface area contributed by atoms with Gasteiger partial charge in [0.15, 0.2) is 0 Å². The number of hydrogen-bond donors (Lipinski definition) is 1. The highest BCUT2D eigenvalue weighted by Crippen LogP contribution is 2.10. The van der Waals surface area contributed by atoms with Crippen molar-refractivity contribution in [2.24, 2.45) is 0 Å². The summed E-state index contributed by atoms with van der Waals surface area (Å²) in [6.07, 6.45) is -0.162. The van der Waals surface area contributed by atoms with E-state index in [0.717, 1.165) is 4.90 Å². The Balaban J connectivity index is 2.77. The lowest BCUT2D eigenvalue weighted by Crippen LogP contribution is -2.59. The first-order chi connectivity index (χ1) is 7.10. The molecule has 0 spiro atoms. The first kappa shape index (κ1) is 11.5. The fraction of sp³-hybridized carbons (Fsp3) is 0.667. The molecule has 0 saturated carbocycles. The number of nitrogens with zero attached hydrogens (tertiary/aromatic N) is 1. The Morgan fingerprint density at radius 3 is 2.73 bits per heavy atom. The van der Waals surface area contributed by atoms with Gasteiger partial charge in [0.2, 0.25) is 11.8 Å². The Morgan fingerprint density at radius 1 is 1.53 bits per heavy atom. The minimum Gasteiger partial charge on any atom is -0.450 e. The standard InChI is InChI=1S/C9H14N2O4/c1-3-6-8(13)10-7(12)5-11(6)9(14)15-4-2/h6H,3-5H2,1-2H3,(H,10,12,13). The molecular formula is C9H14N2O4. The normalized spacial score (nSPS) is 21.2. The zero-order valence-electron chi connectivity index (χ0n) is 8.78. The van der Waals surface area contributed by atoms with E-state index < -0.39 is 23.9 Å². The quantitative estimate of drug-likeness (QED) is 0.650. The van der Waals surface area contributed by atoms with Gasteiger partial charge in [-0.15, -0.1) is 0 Å². The molecule has 3 amide bonds. The molecule has 1 atom stereocenters. The molecule has 15 heavy (non-hydrogen) atoms. The van der Waals surface area contributed by atoms with Crippen LogP contribution >= 0.6 is 0 Å². The van der Waals surface area contributed by atoms with Crippen LogP contribution in [0.2, 0.25) is 0 Å². The van der Waals surface area contributed by atoms with Crippen LogP contribution in [0.25, 0.3) is 0 Å². The molecule has 1 fully saturated rings.